The Morgan fingerprint density at radius 1 is 0.765 bits per heavy atom. The van der Waals surface area contributed by atoms with Crippen LogP contribution in [0.4, 0.5) is 0 Å². The van der Waals surface area contributed by atoms with E-state index in [0.717, 1.165) is 17.9 Å². The molecule has 1 N–H and O–H groups in total. The molecule has 2 aliphatic rings. The second kappa shape index (κ2) is 7.41. The second-order valence-electron chi connectivity index (χ2n) is 6.47. The SMILES string of the molecule is CNC(CC1CCCCC1)CC1CCCCC1. The van der Waals surface area contributed by atoms with Crippen LogP contribution in [-0.2, 0) is 0 Å². The Balaban J connectivity index is 1.71. The summed E-state index contributed by atoms with van der Waals surface area (Å²) >= 11 is 0. The molecule has 2 saturated carbocycles. The third-order valence-electron chi connectivity index (χ3n) is 5.09. The second-order valence-corrected chi connectivity index (χ2v) is 6.47. The van der Waals surface area contributed by atoms with Gasteiger partial charge in [0.05, 0.1) is 0 Å². The Morgan fingerprint density at radius 2 is 1.18 bits per heavy atom. The van der Waals surface area contributed by atoms with Crippen molar-refractivity contribution < 1.29 is 0 Å². The zero-order valence-corrected chi connectivity index (χ0v) is 11.7. The summed E-state index contributed by atoms with van der Waals surface area (Å²) in [6.07, 6.45) is 17.9. The Bertz CT molecular complexity index is 170. The summed E-state index contributed by atoms with van der Waals surface area (Å²) in [7, 11) is 2.18. The van der Waals surface area contributed by atoms with Gasteiger partial charge in [-0.15, -0.1) is 0 Å². The molecular weight excluding hydrogens is 206 g/mol. The molecule has 0 atom stereocenters. The topological polar surface area (TPSA) is 12.0 Å². The first-order chi connectivity index (χ1) is 8.38. The average molecular weight is 237 g/mol. The lowest BCUT2D eigenvalue weighted by Crippen LogP contribution is -2.31. The minimum absolute atomic E-state index is 0.807. The Kier molecular flexibility index (Phi) is 5.84. The maximum absolute atomic E-state index is 3.60. The van der Waals surface area contributed by atoms with Gasteiger partial charge < -0.3 is 5.32 Å². The fourth-order valence-electron chi connectivity index (χ4n) is 3.98. The molecule has 1 heteroatoms. The van der Waals surface area contributed by atoms with E-state index in [-0.39, 0.29) is 0 Å². The molecule has 0 heterocycles. The van der Waals surface area contributed by atoms with E-state index in [1.807, 2.05) is 0 Å². The molecule has 1 nitrogen and oxygen atoms in total. The van der Waals surface area contributed by atoms with Gasteiger partial charge in [-0.3, -0.25) is 0 Å². The molecule has 0 aromatic carbocycles. The molecule has 0 unspecified atom stereocenters. The van der Waals surface area contributed by atoms with E-state index in [2.05, 4.69) is 12.4 Å². The molecule has 0 aromatic heterocycles. The van der Waals surface area contributed by atoms with Crippen molar-refractivity contribution in [2.24, 2.45) is 11.8 Å². The monoisotopic (exact) mass is 237 g/mol. The zero-order chi connectivity index (χ0) is 11.9. The minimum Gasteiger partial charge on any atom is -0.317 e. The molecule has 0 radical (unpaired) electrons. The molecule has 0 saturated heterocycles. The summed E-state index contributed by atoms with van der Waals surface area (Å²) in [5.41, 5.74) is 0. The van der Waals surface area contributed by atoms with Gasteiger partial charge in [0.15, 0.2) is 0 Å². The van der Waals surface area contributed by atoms with Gasteiger partial charge in [-0.25, -0.2) is 0 Å². The fourth-order valence-corrected chi connectivity index (χ4v) is 3.98. The van der Waals surface area contributed by atoms with Crippen LogP contribution >= 0.6 is 0 Å². The number of hydrogen-bond acceptors (Lipinski definition) is 1. The van der Waals surface area contributed by atoms with E-state index in [9.17, 15) is 0 Å². The van der Waals surface area contributed by atoms with Crippen molar-refractivity contribution in [3.63, 3.8) is 0 Å². The van der Waals surface area contributed by atoms with E-state index in [1.54, 1.807) is 0 Å². The van der Waals surface area contributed by atoms with Crippen LogP contribution in [0.5, 0.6) is 0 Å². The first-order valence-corrected chi connectivity index (χ1v) is 8.05. The third kappa shape index (κ3) is 4.62. The quantitative estimate of drug-likeness (QED) is 0.741. The van der Waals surface area contributed by atoms with Crippen molar-refractivity contribution in [1.29, 1.82) is 0 Å². The van der Waals surface area contributed by atoms with Gasteiger partial charge in [0.2, 0.25) is 0 Å². The molecule has 2 aliphatic carbocycles. The van der Waals surface area contributed by atoms with E-state index in [1.165, 1.54) is 77.0 Å². The van der Waals surface area contributed by atoms with E-state index < -0.39 is 0 Å². The van der Waals surface area contributed by atoms with Crippen LogP contribution < -0.4 is 5.32 Å². The standard InChI is InChI=1S/C16H31N/c1-17-16(12-14-8-4-2-5-9-14)13-15-10-6-3-7-11-15/h14-17H,2-13H2,1H3. The van der Waals surface area contributed by atoms with E-state index in [0.29, 0.717) is 0 Å². The Labute approximate surface area is 108 Å². The van der Waals surface area contributed by atoms with Crippen LogP contribution in [0, 0.1) is 11.8 Å². The van der Waals surface area contributed by atoms with E-state index in [4.69, 9.17) is 0 Å². The normalized spacial score (nSPS) is 24.4. The largest absolute Gasteiger partial charge is 0.317 e. The fraction of sp³-hybridized carbons (Fsp3) is 1.00. The lowest BCUT2D eigenvalue weighted by Gasteiger charge is -2.30. The summed E-state index contributed by atoms with van der Waals surface area (Å²) in [4.78, 5) is 0. The number of nitrogens with one attached hydrogen (secondary N) is 1. The van der Waals surface area contributed by atoms with Gasteiger partial charge in [0, 0.05) is 6.04 Å². The molecule has 2 rings (SSSR count). The van der Waals surface area contributed by atoms with Crippen LogP contribution in [-0.4, -0.2) is 13.1 Å². The van der Waals surface area contributed by atoms with Crippen LogP contribution in [0.1, 0.15) is 77.0 Å². The molecule has 2 fully saturated rings. The van der Waals surface area contributed by atoms with Gasteiger partial charge in [-0.05, 0) is 31.7 Å². The van der Waals surface area contributed by atoms with Crippen molar-refractivity contribution in [2.45, 2.75) is 83.1 Å². The summed E-state index contributed by atoms with van der Waals surface area (Å²) < 4.78 is 0. The molecule has 100 valence electrons. The van der Waals surface area contributed by atoms with Crippen LogP contribution in [0.15, 0.2) is 0 Å². The smallest absolute Gasteiger partial charge is 0.00693 e. The minimum atomic E-state index is 0.807. The first kappa shape index (κ1) is 13.4. The summed E-state index contributed by atoms with van der Waals surface area (Å²) in [6.45, 7) is 0. The predicted molar refractivity (Wildman–Crippen MR) is 75.2 cm³/mol. The van der Waals surface area contributed by atoms with Crippen LogP contribution in [0.3, 0.4) is 0 Å². The maximum atomic E-state index is 3.60. The van der Waals surface area contributed by atoms with Crippen LogP contribution in [0.25, 0.3) is 0 Å². The van der Waals surface area contributed by atoms with Gasteiger partial charge in [0.25, 0.3) is 0 Å². The van der Waals surface area contributed by atoms with Crippen LogP contribution in [0.2, 0.25) is 0 Å². The highest BCUT2D eigenvalue weighted by Gasteiger charge is 2.22. The Morgan fingerprint density at radius 3 is 1.53 bits per heavy atom. The maximum Gasteiger partial charge on any atom is 0.00693 e. The lowest BCUT2D eigenvalue weighted by atomic mass is 9.80. The summed E-state index contributed by atoms with van der Waals surface area (Å²) in [6, 6.07) is 0.807. The van der Waals surface area contributed by atoms with Gasteiger partial charge >= 0.3 is 0 Å². The molecular formula is C16H31N. The molecule has 0 amide bonds. The lowest BCUT2D eigenvalue weighted by molar-refractivity contribution is 0.252. The van der Waals surface area contributed by atoms with Crippen molar-refractivity contribution in [2.75, 3.05) is 7.05 Å². The van der Waals surface area contributed by atoms with E-state index >= 15 is 0 Å². The summed E-state index contributed by atoms with van der Waals surface area (Å²) in [5.74, 6) is 2.06. The first-order valence-electron chi connectivity index (χ1n) is 8.05. The number of rotatable bonds is 5. The Hall–Kier alpha value is -0.0400. The van der Waals surface area contributed by atoms with Gasteiger partial charge in [-0.1, -0.05) is 64.2 Å². The van der Waals surface area contributed by atoms with Crippen molar-refractivity contribution >= 4 is 0 Å². The molecule has 17 heavy (non-hydrogen) atoms. The van der Waals surface area contributed by atoms with Gasteiger partial charge in [0.1, 0.15) is 0 Å². The van der Waals surface area contributed by atoms with Crippen molar-refractivity contribution in [1.82, 2.24) is 5.32 Å². The highest BCUT2D eigenvalue weighted by atomic mass is 14.9. The number of hydrogen-bond donors (Lipinski definition) is 1. The predicted octanol–water partition coefficient (Wildman–Crippen LogP) is 4.52. The van der Waals surface area contributed by atoms with Crippen molar-refractivity contribution in [3.05, 3.63) is 0 Å². The molecule has 0 bridgehead atoms. The highest BCUT2D eigenvalue weighted by Crippen LogP contribution is 2.32. The van der Waals surface area contributed by atoms with Gasteiger partial charge in [-0.2, -0.15) is 0 Å². The zero-order valence-electron chi connectivity index (χ0n) is 11.7. The van der Waals surface area contributed by atoms with Crippen molar-refractivity contribution in [3.8, 4) is 0 Å². The third-order valence-corrected chi connectivity index (χ3v) is 5.09. The molecule has 0 aliphatic heterocycles. The highest BCUT2D eigenvalue weighted by molar-refractivity contribution is 4.77. The molecule has 0 spiro atoms. The molecule has 0 aromatic rings. The average Bonchev–Trinajstić information content (AvgIpc) is 2.40. The summed E-state index contributed by atoms with van der Waals surface area (Å²) in [5, 5.41) is 3.60.